The maximum atomic E-state index is 11.6. The second-order valence-corrected chi connectivity index (χ2v) is 3.79. The minimum atomic E-state index is 0.00171. The van der Waals surface area contributed by atoms with Crippen molar-refractivity contribution in [2.75, 3.05) is 19.6 Å². The van der Waals surface area contributed by atoms with Gasteiger partial charge in [0, 0.05) is 13.1 Å². The van der Waals surface area contributed by atoms with Gasteiger partial charge in [-0.05, 0) is 19.4 Å². The fourth-order valence-electron chi connectivity index (χ4n) is 1.75. The summed E-state index contributed by atoms with van der Waals surface area (Å²) in [6, 6.07) is 0.00171. The van der Waals surface area contributed by atoms with Gasteiger partial charge in [0.05, 0.1) is 6.04 Å². The summed E-state index contributed by atoms with van der Waals surface area (Å²) in [4.78, 5) is 11.6. The molecular weight excluding hydrogens is 178 g/mol. The van der Waals surface area contributed by atoms with Gasteiger partial charge in [0.25, 0.3) is 0 Å². The molecule has 1 aliphatic rings. The molecule has 0 aromatic carbocycles. The van der Waals surface area contributed by atoms with Crippen LogP contribution in [0.25, 0.3) is 0 Å². The summed E-state index contributed by atoms with van der Waals surface area (Å²) in [5.41, 5.74) is 5.33. The van der Waals surface area contributed by atoms with E-state index in [0.717, 1.165) is 19.4 Å². The molecule has 0 spiro atoms. The topological polar surface area (TPSA) is 67.1 Å². The molecule has 1 atom stereocenters. The fourth-order valence-corrected chi connectivity index (χ4v) is 1.75. The Kier molecular flexibility index (Phi) is 5.56. The van der Waals surface area contributed by atoms with Crippen molar-refractivity contribution in [3.8, 4) is 0 Å². The van der Waals surface area contributed by atoms with Crippen LogP contribution in [0.3, 0.4) is 0 Å². The van der Waals surface area contributed by atoms with Gasteiger partial charge in [-0.1, -0.05) is 19.3 Å². The van der Waals surface area contributed by atoms with E-state index in [4.69, 9.17) is 5.73 Å². The maximum Gasteiger partial charge on any atom is 0.237 e. The zero-order valence-corrected chi connectivity index (χ0v) is 8.72. The minimum Gasteiger partial charge on any atom is -0.353 e. The lowest BCUT2D eigenvalue weighted by Gasteiger charge is -2.20. The van der Waals surface area contributed by atoms with E-state index in [1.807, 2.05) is 0 Å². The molecule has 0 aliphatic carbocycles. The van der Waals surface area contributed by atoms with Crippen LogP contribution >= 0.6 is 0 Å². The van der Waals surface area contributed by atoms with Gasteiger partial charge in [0.2, 0.25) is 5.91 Å². The van der Waals surface area contributed by atoms with Crippen molar-refractivity contribution < 1.29 is 4.79 Å². The first-order valence-corrected chi connectivity index (χ1v) is 5.56. The van der Waals surface area contributed by atoms with Gasteiger partial charge in [-0.25, -0.2) is 0 Å². The third kappa shape index (κ3) is 4.07. The number of nitrogens with two attached hydrogens (primary N) is 1. The first-order valence-electron chi connectivity index (χ1n) is 5.56. The Morgan fingerprint density at radius 2 is 2.14 bits per heavy atom. The Morgan fingerprint density at radius 3 is 2.93 bits per heavy atom. The van der Waals surface area contributed by atoms with E-state index >= 15 is 0 Å². The molecule has 1 rings (SSSR count). The van der Waals surface area contributed by atoms with Crippen LogP contribution in [0.1, 0.15) is 32.1 Å². The Balaban J connectivity index is 2.27. The van der Waals surface area contributed by atoms with Crippen LogP contribution in [-0.4, -0.2) is 31.6 Å². The highest BCUT2D eigenvalue weighted by atomic mass is 16.2. The molecule has 1 unspecified atom stereocenters. The lowest BCUT2D eigenvalue weighted by atomic mass is 10.0. The summed E-state index contributed by atoms with van der Waals surface area (Å²) < 4.78 is 0. The van der Waals surface area contributed by atoms with Gasteiger partial charge in [-0.2, -0.15) is 0 Å². The maximum absolute atomic E-state index is 11.6. The van der Waals surface area contributed by atoms with Crippen LogP contribution in [0, 0.1) is 0 Å². The quantitative estimate of drug-likeness (QED) is 0.598. The summed E-state index contributed by atoms with van der Waals surface area (Å²) in [6.45, 7) is 2.05. The molecule has 4 N–H and O–H groups in total. The number of carbonyl (C=O) groups is 1. The van der Waals surface area contributed by atoms with Gasteiger partial charge in [0.1, 0.15) is 0 Å². The number of hydrogen-bond acceptors (Lipinski definition) is 3. The SMILES string of the molecule is NCCNC(=O)C1CCCCCCN1. The highest BCUT2D eigenvalue weighted by molar-refractivity contribution is 5.81. The number of amides is 1. The van der Waals surface area contributed by atoms with E-state index in [9.17, 15) is 4.79 Å². The first-order chi connectivity index (χ1) is 6.84. The first kappa shape index (κ1) is 11.5. The second-order valence-electron chi connectivity index (χ2n) is 3.79. The molecule has 1 aliphatic heterocycles. The van der Waals surface area contributed by atoms with E-state index in [2.05, 4.69) is 10.6 Å². The van der Waals surface area contributed by atoms with E-state index in [1.165, 1.54) is 19.3 Å². The van der Waals surface area contributed by atoms with Gasteiger partial charge in [0.15, 0.2) is 0 Å². The van der Waals surface area contributed by atoms with E-state index in [0.29, 0.717) is 13.1 Å². The molecule has 1 heterocycles. The van der Waals surface area contributed by atoms with Crippen molar-refractivity contribution in [3.05, 3.63) is 0 Å². The molecule has 1 amide bonds. The second kappa shape index (κ2) is 6.79. The number of hydrogen-bond donors (Lipinski definition) is 3. The highest BCUT2D eigenvalue weighted by Crippen LogP contribution is 2.09. The predicted molar refractivity (Wildman–Crippen MR) is 56.9 cm³/mol. The Hall–Kier alpha value is -0.610. The van der Waals surface area contributed by atoms with Crippen LogP contribution in [0.5, 0.6) is 0 Å². The van der Waals surface area contributed by atoms with E-state index in [-0.39, 0.29) is 11.9 Å². The molecule has 4 nitrogen and oxygen atoms in total. The average Bonchev–Trinajstić information content (AvgIpc) is 2.13. The summed E-state index contributed by atoms with van der Waals surface area (Å²) in [7, 11) is 0. The monoisotopic (exact) mass is 199 g/mol. The van der Waals surface area contributed by atoms with Crippen molar-refractivity contribution >= 4 is 5.91 Å². The van der Waals surface area contributed by atoms with Gasteiger partial charge in [-0.3, -0.25) is 4.79 Å². The van der Waals surface area contributed by atoms with Crippen molar-refractivity contribution in [1.82, 2.24) is 10.6 Å². The normalized spacial score (nSPS) is 23.6. The predicted octanol–water partition coefficient (Wildman–Crippen LogP) is -0.0164. The molecular formula is C10H21N3O. The third-order valence-corrected chi connectivity index (χ3v) is 2.57. The highest BCUT2D eigenvalue weighted by Gasteiger charge is 2.17. The lowest BCUT2D eigenvalue weighted by molar-refractivity contribution is -0.123. The molecule has 1 fully saturated rings. The molecule has 82 valence electrons. The van der Waals surface area contributed by atoms with Gasteiger partial charge < -0.3 is 16.4 Å². The molecule has 0 radical (unpaired) electrons. The average molecular weight is 199 g/mol. The number of carbonyl (C=O) groups excluding carboxylic acids is 1. The Labute approximate surface area is 85.6 Å². The van der Waals surface area contributed by atoms with Crippen molar-refractivity contribution in [3.63, 3.8) is 0 Å². The van der Waals surface area contributed by atoms with E-state index in [1.54, 1.807) is 0 Å². The summed E-state index contributed by atoms with van der Waals surface area (Å²) in [5.74, 6) is 0.109. The smallest absolute Gasteiger partial charge is 0.237 e. The van der Waals surface area contributed by atoms with Gasteiger partial charge >= 0.3 is 0 Å². The molecule has 0 saturated carbocycles. The molecule has 1 saturated heterocycles. The van der Waals surface area contributed by atoms with Crippen LogP contribution in [0.4, 0.5) is 0 Å². The largest absolute Gasteiger partial charge is 0.353 e. The summed E-state index contributed by atoms with van der Waals surface area (Å²) in [6.07, 6.45) is 5.82. The molecule has 4 heteroatoms. The summed E-state index contributed by atoms with van der Waals surface area (Å²) in [5, 5.41) is 6.10. The molecule has 0 bridgehead atoms. The summed E-state index contributed by atoms with van der Waals surface area (Å²) >= 11 is 0. The van der Waals surface area contributed by atoms with E-state index < -0.39 is 0 Å². The lowest BCUT2D eigenvalue weighted by Crippen LogP contribution is -2.46. The Bertz CT molecular complexity index is 165. The zero-order chi connectivity index (χ0) is 10.2. The Morgan fingerprint density at radius 1 is 1.36 bits per heavy atom. The zero-order valence-electron chi connectivity index (χ0n) is 8.72. The number of nitrogens with one attached hydrogen (secondary N) is 2. The van der Waals surface area contributed by atoms with Crippen molar-refractivity contribution in [2.45, 2.75) is 38.1 Å². The van der Waals surface area contributed by atoms with Gasteiger partial charge in [-0.15, -0.1) is 0 Å². The number of rotatable bonds is 3. The van der Waals surface area contributed by atoms with Crippen molar-refractivity contribution in [1.29, 1.82) is 0 Å². The minimum absolute atomic E-state index is 0.00171. The standard InChI is InChI=1S/C10H21N3O/c11-6-8-13-10(14)9-5-3-1-2-4-7-12-9/h9,12H,1-8,11H2,(H,13,14). The molecule has 14 heavy (non-hydrogen) atoms. The van der Waals surface area contributed by atoms with Crippen LogP contribution in [0.15, 0.2) is 0 Å². The van der Waals surface area contributed by atoms with Crippen molar-refractivity contribution in [2.24, 2.45) is 5.73 Å². The van der Waals surface area contributed by atoms with Crippen LogP contribution in [0.2, 0.25) is 0 Å². The molecule has 0 aromatic heterocycles. The third-order valence-electron chi connectivity index (χ3n) is 2.57. The molecule has 0 aromatic rings. The fraction of sp³-hybridized carbons (Fsp3) is 0.900. The van der Waals surface area contributed by atoms with Crippen LogP contribution in [-0.2, 0) is 4.79 Å². The van der Waals surface area contributed by atoms with Crippen LogP contribution < -0.4 is 16.4 Å².